The summed E-state index contributed by atoms with van der Waals surface area (Å²) in [4.78, 5) is 9.14. The van der Waals surface area contributed by atoms with Crippen molar-refractivity contribution in [3.63, 3.8) is 0 Å². The van der Waals surface area contributed by atoms with Crippen LogP contribution in [0.3, 0.4) is 0 Å². The lowest BCUT2D eigenvalue weighted by Gasteiger charge is -2.11. The molecular formula is C16H18ClN3O. The van der Waals surface area contributed by atoms with Crippen LogP contribution in [0.1, 0.15) is 24.5 Å². The summed E-state index contributed by atoms with van der Waals surface area (Å²) >= 11 is 6.31. The van der Waals surface area contributed by atoms with Crippen molar-refractivity contribution in [2.75, 3.05) is 13.7 Å². The molecule has 3 aromatic rings. The van der Waals surface area contributed by atoms with E-state index in [0.29, 0.717) is 0 Å². The standard InChI is InChI=1S/C16H18ClN3O/c1-11(17)16-19-14-10-18-13-7-4-3-6-12(13)15(14)20(16)8-5-9-21-2/h3-4,6-7,10-11H,5,8-9H2,1-2H3. The van der Waals surface area contributed by atoms with Crippen LogP contribution in [0.5, 0.6) is 0 Å². The van der Waals surface area contributed by atoms with Crippen LogP contribution >= 0.6 is 11.6 Å². The smallest absolute Gasteiger partial charge is 0.127 e. The van der Waals surface area contributed by atoms with Crippen molar-refractivity contribution in [3.8, 4) is 0 Å². The maximum atomic E-state index is 6.31. The van der Waals surface area contributed by atoms with Gasteiger partial charge in [0.25, 0.3) is 0 Å². The normalized spacial score (nSPS) is 13.1. The number of halogens is 1. The molecular weight excluding hydrogens is 286 g/mol. The highest BCUT2D eigenvalue weighted by molar-refractivity contribution is 6.20. The first kappa shape index (κ1) is 14.3. The molecule has 2 aromatic heterocycles. The SMILES string of the molecule is COCCCn1c(C(C)Cl)nc2cnc3ccccc3c21. The molecule has 1 atom stereocenters. The molecule has 0 aliphatic heterocycles. The summed E-state index contributed by atoms with van der Waals surface area (Å²) in [7, 11) is 1.72. The van der Waals surface area contributed by atoms with Crippen LogP contribution in [0.4, 0.5) is 0 Å². The van der Waals surface area contributed by atoms with E-state index in [2.05, 4.69) is 20.6 Å². The molecule has 5 heteroatoms. The van der Waals surface area contributed by atoms with E-state index in [1.165, 1.54) is 0 Å². The minimum absolute atomic E-state index is 0.140. The molecule has 0 saturated carbocycles. The molecule has 0 fully saturated rings. The molecule has 110 valence electrons. The molecule has 21 heavy (non-hydrogen) atoms. The lowest BCUT2D eigenvalue weighted by atomic mass is 10.2. The minimum atomic E-state index is -0.140. The van der Waals surface area contributed by atoms with Gasteiger partial charge in [0.1, 0.15) is 11.3 Å². The zero-order valence-corrected chi connectivity index (χ0v) is 13.0. The van der Waals surface area contributed by atoms with Gasteiger partial charge in [0.05, 0.1) is 22.6 Å². The third-order valence-corrected chi connectivity index (χ3v) is 3.79. The fraction of sp³-hybridized carbons (Fsp3) is 0.375. The number of methoxy groups -OCH3 is 1. The number of benzene rings is 1. The summed E-state index contributed by atoms with van der Waals surface area (Å²) in [6, 6.07) is 8.13. The van der Waals surface area contributed by atoms with Crippen LogP contribution in [0.15, 0.2) is 30.5 Å². The van der Waals surface area contributed by atoms with Gasteiger partial charge in [0, 0.05) is 25.6 Å². The average molecular weight is 304 g/mol. The van der Waals surface area contributed by atoms with Gasteiger partial charge in [-0.15, -0.1) is 11.6 Å². The average Bonchev–Trinajstić information content (AvgIpc) is 2.87. The van der Waals surface area contributed by atoms with Crippen LogP contribution < -0.4 is 0 Å². The van der Waals surface area contributed by atoms with Gasteiger partial charge in [-0.25, -0.2) is 4.98 Å². The van der Waals surface area contributed by atoms with E-state index < -0.39 is 0 Å². The number of pyridine rings is 1. The van der Waals surface area contributed by atoms with Gasteiger partial charge in [0.15, 0.2) is 0 Å². The van der Waals surface area contributed by atoms with Gasteiger partial charge in [-0.2, -0.15) is 0 Å². The number of aryl methyl sites for hydroxylation is 1. The Hall–Kier alpha value is -1.65. The van der Waals surface area contributed by atoms with Gasteiger partial charge in [-0.3, -0.25) is 4.98 Å². The molecule has 0 aliphatic rings. The van der Waals surface area contributed by atoms with E-state index in [1.807, 2.05) is 31.3 Å². The molecule has 0 spiro atoms. The highest BCUT2D eigenvalue weighted by Crippen LogP contribution is 2.29. The predicted molar refractivity (Wildman–Crippen MR) is 85.8 cm³/mol. The quantitative estimate of drug-likeness (QED) is 0.530. The van der Waals surface area contributed by atoms with Crippen LogP contribution in [0, 0.1) is 0 Å². The molecule has 0 bridgehead atoms. The Morgan fingerprint density at radius 1 is 1.29 bits per heavy atom. The van der Waals surface area contributed by atoms with Crippen molar-refractivity contribution in [2.45, 2.75) is 25.3 Å². The zero-order valence-electron chi connectivity index (χ0n) is 12.2. The number of imidazole rings is 1. The molecule has 0 N–H and O–H groups in total. The van der Waals surface area contributed by atoms with Gasteiger partial charge < -0.3 is 9.30 Å². The van der Waals surface area contributed by atoms with Gasteiger partial charge in [-0.1, -0.05) is 18.2 Å². The van der Waals surface area contributed by atoms with Crippen LogP contribution in [-0.2, 0) is 11.3 Å². The predicted octanol–water partition coefficient (Wildman–Crippen LogP) is 3.92. The Bertz CT molecular complexity index is 767. The lowest BCUT2D eigenvalue weighted by molar-refractivity contribution is 0.190. The number of nitrogens with zero attached hydrogens (tertiary/aromatic N) is 3. The third-order valence-electron chi connectivity index (χ3n) is 3.60. The first-order chi connectivity index (χ1) is 10.2. The van der Waals surface area contributed by atoms with E-state index >= 15 is 0 Å². The van der Waals surface area contributed by atoms with Gasteiger partial charge in [0.2, 0.25) is 0 Å². The molecule has 4 nitrogen and oxygen atoms in total. The summed E-state index contributed by atoms with van der Waals surface area (Å²) in [5.41, 5.74) is 2.99. The maximum absolute atomic E-state index is 6.31. The third kappa shape index (κ3) is 2.61. The summed E-state index contributed by atoms with van der Waals surface area (Å²) in [5.74, 6) is 0.890. The fourth-order valence-electron chi connectivity index (χ4n) is 2.68. The highest BCUT2D eigenvalue weighted by atomic mass is 35.5. The monoisotopic (exact) mass is 303 g/mol. The van der Waals surface area contributed by atoms with E-state index in [1.54, 1.807) is 7.11 Å². The molecule has 3 rings (SSSR count). The number of hydrogen-bond donors (Lipinski definition) is 0. The summed E-state index contributed by atoms with van der Waals surface area (Å²) in [5, 5.41) is 0.974. The van der Waals surface area contributed by atoms with E-state index in [0.717, 1.165) is 47.3 Å². The molecule has 1 unspecified atom stereocenters. The number of para-hydroxylation sites is 1. The van der Waals surface area contributed by atoms with E-state index in [-0.39, 0.29) is 5.38 Å². The number of hydrogen-bond acceptors (Lipinski definition) is 3. The minimum Gasteiger partial charge on any atom is -0.385 e. The van der Waals surface area contributed by atoms with Crippen molar-refractivity contribution in [1.82, 2.24) is 14.5 Å². The molecule has 0 radical (unpaired) electrons. The van der Waals surface area contributed by atoms with Gasteiger partial charge >= 0.3 is 0 Å². The second kappa shape index (κ2) is 6.00. The fourth-order valence-corrected chi connectivity index (χ4v) is 2.84. The highest BCUT2D eigenvalue weighted by Gasteiger charge is 2.17. The Labute approximate surface area is 128 Å². The van der Waals surface area contributed by atoms with Gasteiger partial charge in [-0.05, 0) is 19.4 Å². The summed E-state index contributed by atoms with van der Waals surface area (Å²) in [6.45, 7) is 3.51. The number of aromatic nitrogens is 3. The molecule has 1 aromatic carbocycles. The van der Waals surface area contributed by atoms with Crippen molar-refractivity contribution in [3.05, 3.63) is 36.3 Å². The first-order valence-corrected chi connectivity index (χ1v) is 7.53. The lowest BCUT2D eigenvalue weighted by Crippen LogP contribution is -2.07. The zero-order chi connectivity index (χ0) is 14.8. The maximum Gasteiger partial charge on any atom is 0.127 e. The van der Waals surface area contributed by atoms with Crippen LogP contribution in [0.25, 0.3) is 21.9 Å². The molecule has 0 amide bonds. The van der Waals surface area contributed by atoms with Crippen molar-refractivity contribution in [2.24, 2.45) is 0 Å². The van der Waals surface area contributed by atoms with E-state index in [4.69, 9.17) is 16.3 Å². The summed E-state index contributed by atoms with van der Waals surface area (Å²) in [6.07, 6.45) is 2.75. The molecule has 2 heterocycles. The second-order valence-electron chi connectivity index (χ2n) is 5.09. The number of rotatable bonds is 5. The topological polar surface area (TPSA) is 39.9 Å². The van der Waals surface area contributed by atoms with Crippen LogP contribution in [0.2, 0.25) is 0 Å². The number of fused-ring (bicyclic) bond motifs is 3. The Morgan fingerprint density at radius 2 is 2.10 bits per heavy atom. The van der Waals surface area contributed by atoms with Crippen molar-refractivity contribution < 1.29 is 4.74 Å². The molecule has 0 saturated heterocycles. The van der Waals surface area contributed by atoms with Crippen LogP contribution in [-0.4, -0.2) is 28.3 Å². The number of alkyl halides is 1. The first-order valence-electron chi connectivity index (χ1n) is 7.09. The van der Waals surface area contributed by atoms with E-state index in [9.17, 15) is 0 Å². The van der Waals surface area contributed by atoms with Crippen molar-refractivity contribution >= 4 is 33.5 Å². The molecule has 0 aliphatic carbocycles. The Balaban J connectivity index is 2.23. The summed E-state index contributed by atoms with van der Waals surface area (Å²) < 4.78 is 7.37. The van der Waals surface area contributed by atoms with Crippen molar-refractivity contribution in [1.29, 1.82) is 0 Å². The second-order valence-corrected chi connectivity index (χ2v) is 5.75. The Kier molecular flexibility index (Phi) is 4.08. The number of ether oxygens (including phenoxy) is 1. The Morgan fingerprint density at radius 3 is 2.86 bits per heavy atom. The largest absolute Gasteiger partial charge is 0.385 e.